The molecule has 0 atom stereocenters. The summed E-state index contributed by atoms with van der Waals surface area (Å²) in [6.07, 6.45) is -5.09. The Hall–Kier alpha value is -1.82. The van der Waals surface area contributed by atoms with Crippen molar-refractivity contribution in [2.45, 2.75) is 26.1 Å². The van der Waals surface area contributed by atoms with E-state index in [0.717, 1.165) is 0 Å². The van der Waals surface area contributed by atoms with Gasteiger partial charge >= 0.3 is 8.25 Å². The van der Waals surface area contributed by atoms with Gasteiger partial charge in [0.05, 0.1) is 0 Å². The molecule has 2 rings (SSSR count). The quantitative estimate of drug-likeness (QED) is 0.430. The van der Waals surface area contributed by atoms with Crippen LogP contribution in [0.3, 0.4) is 0 Å². The van der Waals surface area contributed by atoms with Gasteiger partial charge in [-0.1, -0.05) is 48.5 Å². The maximum Gasteiger partial charge on any atom is 0.698 e. The van der Waals surface area contributed by atoms with E-state index >= 15 is 0 Å². The van der Waals surface area contributed by atoms with Gasteiger partial charge in [0.1, 0.15) is 13.2 Å². The van der Waals surface area contributed by atoms with Crippen LogP contribution < -0.4 is 0 Å². The van der Waals surface area contributed by atoms with Crippen LogP contribution in [0.4, 0.5) is 17.6 Å². The molecule has 0 saturated carbocycles. The van der Waals surface area contributed by atoms with Crippen LogP contribution in [0.1, 0.15) is 35.1 Å². The second-order valence-corrected chi connectivity index (χ2v) is 5.82. The third kappa shape index (κ3) is 5.67. The molecule has 0 aliphatic carbocycles. The third-order valence-corrected chi connectivity index (χ3v) is 3.82. The van der Waals surface area contributed by atoms with E-state index in [2.05, 4.69) is 0 Å². The summed E-state index contributed by atoms with van der Waals surface area (Å²) in [5.74, 6) is 0. The number of halogens is 4. The number of hydrogen-bond donors (Lipinski definition) is 0. The lowest BCUT2D eigenvalue weighted by Crippen LogP contribution is -1.92. The maximum absolute atomic E-state index is 12.4. The summed E-state index contributed by atoms with van der Waals surface area (Å²) in [6, 6.07) is 10.9. The second kappa shape index (κ2) is 8.87. The highest BCUT2D eigenvalue weighted by molar-refractivity contribution is 7.33. The Balaban J connectivity index is 1.76. The van der Waals surface area contributed by atoms with Gasteiger partial charge in [-0.25, -0.2) is 17.6 Å². The van der Waals surface area contributed by atoms with Crippen molar-refractivity contribution >= 4 is 8.25 Å². The van der Waals surface area contributed by atoms with Crippen molar-refractivity contribution in [3.8, 4) is 0 Å². The highest BCUT2D eigenvalue weighted by atomic mass is 31.1. The smallest absolute Gasteiger partial charge is 0.205 e. The predicted octanol–water partition coefficient (Wildman–Crippen LogP) is 5.95. The van der Waals surface area contributed by atoms with Gasteiger partial charge in [0, 0.05) is 15.7 Å². The van der Waals surface area contributed by atoms with Gasteiger partial charge in [0.15, 0.2) is 0 Å². The van der Waals surface area contributed by atoms with E-state index in [1.54, 1.807) is 0 Å². The van der Waals surface area contributed by atoms with Crippen LogP contribution in [0.15, 0.2) is 48.5 Å². The Morgan fingerprint density at radius 2 is 1.04 bits per heavy atom. The van der Waals surface area contributed by atoms with Gasteiger partial charge in [0.2, 0.25) is 0 Å². The van der Waals surface area contributed by atoms with E-state index in [9.17, 15) is 22.1 Å². The third-order valence-electron chi connectivity index (χ3n) is 3.14. The van der Waals surface area contributed by atoms with E-state index in [1.165, 1.54) is 48.5 Å². The molecule has 0 heterocycles. The fraction of sp³-hybridized carbons (Fsp3) is 0.250. The Labute approximate surface area is 137 Å². The van der Waals surface area contributed by atoms with E-state index in [-0.39, 0.29) is 24.3 Å². The van der Waals surface area contributed by atoms with Crippen molar-refractivity contribution in [2.75, 3.05) is 0 Å². The lowest BCUT2D eigenvalue weighted by Gasteiger charge is -2.01. The molecule has 3 nitrogen and oxygen atoms in total. The predicted molar refractivity (Wildman–Crippen MR) is 80.0 cm³/mol. The molecule has 0 saturated heterocycles. The molecule has 0 aliphatic heterocycles. The van der Waals surface area contributed by atoms with E-state index in [4.69, 9.17) is 9.05 Å². The molecular weight excluding hydrogens is 347 g/mol. The summed E-state index contributed by atoms with van der Waals surface area (Å²) in [5, 5.41) is 0. The average Bonchev–Trinajstić information content (AvgIpc) is 2.58. The standard InChI is InChI=1S/C16H14F4O3P/c17-15(18)13-5-1-11(2-6-13)9-22-24(21)23-10-12-3-7-14(8-4-12)16(19)20/h1-8,15-16H,9-10H2/q+1. The number of alkyl halides is 4. The summed E-state index contributed by atoms with van der Waals surface area (Å²) >= 11 is 0. The molecule has 0 aliphatic rings. The zero-order valence-electron chi connectivity index (χ0n) is 12.4. The molecule has 0 unspecified atom stereocenters. The molecule has 8 heteroatoms. The van der Waals surface area contributed by atoms with Gasteiger partial charge in [0.25, 0.3) is 12.9 Å². The Kier molecular flexibility index (Phi) is 6.85. The number of hydrogen-bond acceptors (Lipinski definition) is 3. The molecule has 2 aromatic rings. The summed E-state index contributed by atoms with van der Waals surface area (Å²) in [5.41, 5.74) is 0.943. The zero-order chi connectivity index (χ0) is 17.5. The molecule has 0 fully saturated rings. The zero-order valence-corrected chi connectivity index (χ0v) is 13.3. The van der Waals surface area contributed by atoms with Crippen LogP contribution in [-0.2, 0) is 26.8 Å². The normalized spacial score (nSPS) is 11.2. The summed E-state index contributed by atoms with van der Waals surface area (Å²) in [7, 11) is -2.41. The average molecular weight is 361 g/mol. The summed E-state index contributed by atoms with van der Waals surface area (Å²) < 4.78 is 71.2. The largest absolute Gasteiger partial charge is 0.698 e. The SMILES string of the molecule is O=[P+](OCc1ccc(C(F)F)cc1)OCc1ccc(C(F)F)cc1. The lowest BCUT2D eigenvalue weighted by molar-refractivity contribution is 0.151. The van der Waals surface area contributed by atoms with Crippen molar-refractivity contribution < 1.29 is 31.2 Å². The maximum atomic E-state index is 12.4. The minimum absolute atomic E-state index is 0.0525. The molecule has 0 N–H and O–H groups in total. The molecular formula is C16H14F4O3P+. The number of rotatable bonds is 8. The second-order valence-electron chi connectivity index (χ2n) is 4.86. The number of benzene rings is 2. The monoisotopic (exact) mass is 361 g/mol. The molecule has 128 valence electrons. The Morgan fingerprint density at radius 3 is 1.33 bits per heavy atom. The van der Waals surface area contributed by atoms with Gasteiger partial charge in [-0.3, -0.25) is 0 Å². The van der Waals surface area contributed by atoms with Gasteiger partial charge in [-0.2, -0.15) is 0 Å². The van der Waals surface area contributed by atoms with Crippen molar-refractivity contribution in [1.29, 1.82) is 0 Å². The minimum atomic E-state index is -2.55. The van der Waals surface area contributed by atoms with Crippen molar-refractivity contribution in [3.05, 3.63) is 70.8 Å². The first-order valence-electron chi connectivity index (χ1n) is 6.93. The topological polar surface area (TPSA) is 35.5 Å². The first kappa shape index (κ1) is 18.5. The van der Waals surface area contributed by atoms with Gasteiger partial charge in [-0.05, 0) is 11.1 Å². The fourth-order valence-corrected chi connectivity index (χ4v) is 2.39. The van der Waals surface area contributed by atoms with Gasteiger partial charge in [-0.15, -0.1) is 9.05 Å². The summed E-state index contributed by atoms with van der Waals surface area (Å²) in [4.78, 5) is 0. The van der Waals surface area contributed by atoms with E-state index in [0.29, 0.717) is 11.1 Å². The lowest BCUT2D eigenvalue weighted by atomic mass is 10.1. The van der Waals surface area contributed by atoms with E-state index < -0.39 is 21.1 Å². The molecule has 0 spiro atoms. The highest BCUT2D eigenvalue weighted by Crippen LogP contribution is 2.28. The molecule has 0 amide bonds. The molecule has 0 bridgehead atoms. The minimum Gasteiger partial charge on any atom is -0.205 e. The van der Waals surface area contributed by atoms with E-state index in [1.807, 2.05) is 0 Å². The molecule has 24 heavy (non-hydrogen) atoms. The highest BCUT2D eigenvalue weighted by Gasteiger charge is 2.21. The van der Waals surface area contributed by atoms with Crippen molar-refractivity contribution in [2.24, 2.45) is 0 Å². The van der Waals surface area contributed by atoms with Gasteiger partial charge < -0.3 is 0 Å². The van der Waals surface area contributed by atoms with Crippen LogP contribution in [0.25, 0.3) is 0 Å². The summed E-state index contributed by atoms with van der Waals surface area (Å²) in [6.45, 7) is -0.105. The Bertz CT molecular complexity index is 603. The van der Waals surface area contributed by atoms with Crippen LogP contribution in [0.2, 0.25) is 0 Å². The molecule has 2 aromatic carbocycles. The van der Waals surface area contributed by atoms with Crippen molar-refractivity contribution in [1.82, 2.24) is 0 Å². The van der Waals surface area contributed by atoms with Crippen LogP contribution in [0.5, 0.6) is 0 Å². The van der Waals surface area contributed by atoms with Crippen LogP contribution >= 0.6 is 8.25 Å². The first-order chi connectivity index (χ1) is 11.5. The van der Waals surface area contributed by atoms with Crippen molar-refractivity contribution in [3.63, 3.8) is 0 Å². The van der Waals surface area contributed by atoms with Crippen LogP contribution in [0, 0.1) is 0 Å². The first-order valence-corrected chi connectivity index (χ1v) is 8.02. The molecule has 0 aromatic heterocycles. The Morgan fingerprint density at radius 1 is 0.708 bits per heavy atom. The van der Waals surface area contributed by atoms with Crippen LogP contribution in [-0.4, -0.2) is 0 Å². The molecule has 0 radical (unpaired) electrons. The fourth-order valence-electron chi connectivity index (χ4n) is 1.81.